The number of pyridine rings is 1. The molecular formula is C11H17ClN2O3S. The molecule has 18 heavy (non-hydrogen) atoms. The molecule has 1 aromatic rings. The molecule has 0 amide bonds. The molecule has 0 spiro atoms. The predicted molar refractivity (Wildman–Crippen MR) is 71.3 cm³/mol. The maximum Gasteiger partial charge on any atom is 0.212 e. The molecule has 102 valence electrons. The Morgan fingerprint density at radius 1 is 1.33 bits per heavy atom. The third kappa shape index (κ3) is 6.90. The van der Waals surface area contributed by atoms with E-state index in [0.29, 0.717) is 25.5 Å². The Morgan fingerprint density at radius 2 is 2.17 bits per heavy atom. The van der Waals surface area contributed by atoms with Gasteiger partial charge in [-0.25, -0.2) is 13.1 Å². The SMILES string of the molecule is O=S(=O)(CCc1ccccn1)NCCOCCCl. The highest BCUT2D eigenvalue weighted by molar-refractivity contribution is 7.89. The van der Waals surface area contributed by atoms with E-state index in [1.54, 1.807) is 18.3 Å². The lowest BCUT2D eigenvalue weighted by Gasteiger charge is -2.06. The minimum Gasteiger partial charge on any atom is -0.379 e. The third-order valence-corrected chi connectivity index (χ3v) is 3.68. The van der Waals surface area contributed by atoms with Crippen LogP contribution in [-0.4, -0.2) is 44.8 Å². The van der Waals surface area contributed by atoms with Gasteiger partial charge in [0.15, 0.2) is 0 Å². The number of aromatic nitrogens is 1. The van der Waals surface area contributed by atoms with Crippen LogP contribution in [0.1, 0.15) is 5.69 Å². The zero-order valence-corrected chi connectivity index (χ0v) is 11.6. The molecule has 1 rings (SSSR count). The molecule has 0 saturated carbocycles. The molecule has 5 nitrogen and oxygen atoms in total. The van der Waals surface area contributed by atoms with E-state index >= 15 is 0 Å². The van der Waals surface area contributed by atoms with Gasteiger partial charge in [-0.2, -0.15) is 0 Å². The first-order valence-corrected chi connectivity index (χ1v) is 7.84. The fourth-order valence-corrected chi connectivity index (χ4v) is 2.41. The average Bonchev–Trinajstić information content (AvgIpc) is 2.38. The Labute approximate surface area is 113 Å². The van der Waals surface area contributed by atoms with Gasteiger partial charge >= 0.3 is 0 Å². The maximum absolute atomic E-state index is 11.6. The maximum atomic E-state index is 11.6. The van der Waals surface area contributed by atoms with Gasteiger partial charge in [0.1, 0.15) is 0 Å². The van der Waals surface area contributed by atoms with Crippen molar-refractivity contribution >= 4 is 21.6 Å². The summed E-state index contributed by atoms with van der Waals surface area (Å²) in [6, 6.07) is 5.44. The Hall–Kier alpha value is -0.690. The first-order chi connectivity index (χ1) is 8.64. The number of rotatable bonds is 9. The van der Waals surface area contributed by atoms with Crippen LogP contribution < -0.4 is 4.72 Å². The quantitative estimate of drug-likeness (QED) is 0.540. The van der Waals surface area contributed by atoms with Crippen LogP contribution >= 0.6 is 11.6 Å². The van der Waals surface area contributed by atoms with Crippen molar-refractivity contribution in [1.29, 1.82) is 0 Å². The molecule has 7 heteroatoms. The van der Waals surface area contributed by atoms with Crippen molar-refractivity contribution in [2.75, 3.05) is 31.4 Å². The molecule has 0 aliphatic carbocycles. The van der Waals surface area contributed by atoms with Gasteiger partial charge in [-0.05, 0) is 12.1 Å². The highest BCUT2D eigenvalue weighted by Crippen LogP contribution is 1.97. The van der Waals surface area contributed by atoms with Crippen molar-refractivity contribution < 1.29 is 13.2 Å². The molecule has 1 N–H and O–H groups in total. The molecule has 0 fully saturated rings. The lowest BCUT2D eigenvalue weighted by atomic mass is 10.3. The largest absolute Gasteiger partial charge is 0.379 e. The molecule has 0 atom stereocenters. The monoisotopic (exact) mass is 292 g/mol. The van der Waals surface area contributed by atoms with Crippen LogP contribution in [0.4, 0.5) is 0 Å². The second-order valence-electron chi connectivity index (χ2n) is 3.59. The molecule has 0 aromatic carbocycles. The third-order valence-electron chi connectivity index (χ3n) is 2.14. The Morgan fingerprint density at radius 3 is 2.83 bits per heavy atom. The van der Waals surface area contributed by atoms with E-state index in [9.17, 15) is 8.42 Å². The summed E-state index contributed by atoms with van der Waals surface area (Å²) in [5.74, 6) is 0.436. The Kier molecular flexibility index (Phi) is 7.19. The standard InChI is InChI=1S/C11H17ClN2O3S/c12-5-8-17-9-7-14-18(15,16)10-4-11-3-1-2-6-13-11/h1-3,6,14H,4-5,7-10H2. The van der Waals surface area contributed by atoms with Crippen molar-refractivity contribution in [3.8, 4) is 0 Å². The second-order valence-corrected chi connectivity index (χ2v) is 5.89. The number of hydrogen-bond donors (Lipinski definition) is 1. The van der Waals surface area contributed by atoms with Crippen LogP contribution in [0.3, 0.4) is 0 Å². The van der Waals surface area contributed by atoms with Gasteiger partial charge in [-0.15, -0.1) is 11.6 Å². The van der Waals surface area contributed by atoms with Crippen molar-refractivity contribution in [3.05, 3.63) is 30.1 Å². The minimum absolute atomic E-state index is 0.0273. The first kappa shape index (κ1) is 15.4. The number of sulfonamides is 1. The Bertz CT molecular complexity index is 425. The fourth-order valence-electron chi connectivity index (χ4n) is 1.28. The second kappa shape index (κ2) is 8.42. The molecule has 0 aliphatic rings. The van der Waals surface area contributed by atoms with Gasteiger partial charge in [0, 0.05) is 30.7 Å². The highest BCUT2D eigenvalue weighted by atomic mass is 35.5. The number of nitrogens with zero attached hydrogens (tertiary/aromatic N) is 1. The van der Waals surface area contributed by atoms with Gasteiger partial charge in [0.2, 0.25) is 10.0 Å². The van der Waals surface area contributed by atoms with E-state index in [-0.39, 0.29) is 12.3 Å². The lowest BCUT2D eigenvalue weighted by molar-refractivity contribution is 0.155. The number of alkyl halides is 1. The number of halogens is 1. The molecule has 0 unspecified atom stereocenters. The molecule has 0 bridgehead atoms. The van der Waals surface area contributed by atoms with Crippen molar-refractivity contribution in [2.45, 2.75) is 6.42 Å². The minimum atomic E-state index is -3.27. The molecule has 0 aliphatic heterocycles. The van der Waals surface area contributed by atoms with Crippen LogP contribution in [0, 0.1) is 0 Å². The van der Waals surface area contributed by atoms with Gasteiger partial charge in [0.25, 0.3) is 0 Å². The zero-order chi connectivity index (χ0) is 13.3. The average molecular weight is 293 g/mol. The van der Waals surface area contributed by atoms with Crippen molar-refractivity contribution in [3.63, 3.8) is 0 Å². The van der Waals surface area contributed by atoms with E-state index in [1.807, 2.05) is 6.07 Å². The summed E-state index contributed by atoms with van der Waals surface area (Å²) in [5.41, 5.74) is 0.765. The van der Waals surface area contributed by atoms with Crippen LogP contribution in [-0.2, 0) is 21.2 Å². The molecule has 0 saturated heterocycles. The van der Waals surface area contributed by atoms with E-state index in [0.717, 1.165) is 5.69 Å². The van der Waals surface area contributed by atoms with Crippen molar-refractivity contribution in [2.24, 2.45) is 0 Å². The van der Waals surface area contributed by atoms with Crippen LogP contribution in [0.5, 0.6) is 0 Å². The van der Waals surface area contributed by atoms with Gasteiger partial charge < -0.3 is 4.74 Å². The van der Waals surface area contributed by atoms with E-state index < -0.39 is 10.0 Å². The van der Waals surface area contributed by atoms with Crippen LogP contribution in [0.25, 0.3) is 0 Å². The normalized spacial score (nSPS) is 11.6. The fraction of sp³-hybridized carbons (Fsp3) is 0.545. The van der Waals surface area contributed by atoms with Crippen LogP contribution in [0.2, 0.25) is 0 Å². The summed E-state index contributed by atoms with van der Waals surface area (Å²) in [6.07, 6.45) is 2.05. The van der Waals surface area contributed by atoms with Crippen molar-refractivity contribution in [1.82, 2.24) is 9.71 Å². The number of hydrogen-bond acceptors (Lipinski definition) is 4. The number of aryl methyl sites for hydroxylation is 1. The van der Waals surface area contributed by atoms with Gasteiger partial charge in [0.05, 0.1) is 19.0 Å². The molecular weight excluding hydrogens is 276 g/mol. The molecule has 1 heterocycles. The number of ether oxygens (including phenoxy) is 1. The topological polar surface area (TPSA) is 68.3 Å². The summed E-state index contributed by atoms with van der Waals surface area (Å²) >= 11 is 5.42. The van der Waals surface area contributed by atoms with E-state index in [1.165, 1.54) is 0 Å². The van der Waals surface area contributed by atoms with Crippen LogP contribution in [0.15, 0.2) is 24.4 Å². The van der Waals surface area contributed by atoms with Gasteiger partial charge in [-0.1, -0.05) is 6.07 Å². The zero-order valence-electron chi connectivity index (χ0n) is 10.0. The van der Waals surface area contributed by atoms with E-state index in [4.69, 9.17) is 16.3 Å². The number of nitrogens with one attached hydrogen (secondary N) is 1. The highest BCUT2D eigenvalue weighted by Gasteiger charge is 2.09. The predicted octanol–water partition coefficient (Wildman–Crippen LogP) is 0.799. The first-order valence-electron chi connectivity index (χ1n) is 5.65. The summed E-state index contributed by atoms with van der Waals surface area (Å²) in [6.45, 7) is 1.02. The van der Waals surface area contributed by atoms with E-state index in [2.05, 4.69) is 9.71 Å². The smallest absolute Gasteiger partial charge is 0.212 e. The Balaban J connectivity index is 2.23. The lowest BCUT2D eigenvalue weighted by Crippen LogP contribution is -2.30. The van der Waals surface area contributed by atoms with Gasteiger partial charge in [-0.3, -0.25) is 4.98 Å². The summed E-state index contributed by atoms with van der Waals surface area (Å²) in [4.78, 5) is 4.07. The molecule has 0 radical (unpaired) electrons. The molecule has 1 aromatic heterocycles. The summed E-state index contributed by atoms with van der Waals surface area (Å²) < 4.78 is 30.8. The summed E-state index contributed by atoms with van der Waals surface area (Å²) in [7, 11) is -3.27. The summed E-state index contributed by atoms with van der Waals surface area (Å²) in [5, 5.41) is 0.